The number of ketones is 1. The molecule has 1 amide bonds. The average molecular weight is 445 g/mol. The number of aryl methyl sites for hydroxylation is 1. The first-order valence-corrected chi connectivity index (χ1v) is 10.8. The zero-order valence-corrected chi connectivity index (χ0v) is 18.4. The Kier molecular flexibility index (Phi) is 6.27. The second-order valence-electron chi connectivity index (χ2n) is 7.93. The molecule has 0 aliphatic carbocycles. The summed E-state index contributed by atoms with van der Waals surface area (Å²) in [6.45, 7) is 4.49. The molecule has 6 heteroatoms. The molecule has 4 rings (SSSR count). The molecule has 3 aromatic carbocycles. The van der Waals surface area contributed by atoms with Gasteiger partial charge < -0.3 is 9.84 Å². The molecule has 1 saturated heterocycles. The Morgan fingerprint density at radius 1 is 0.970 bits per heavy atom. The first-order valence-electron chi connectivity index (χ1n) is 10.8. The molecule has 1 fully saturated rings. The molecule has 1 unspecified atom stereocenters. The van der Waals surface area contributed by atoms with E-state index in [-0.39, 0.29) is 11.3 Å². The maximum Gasteiger partial charge on any atom is 0.300 e. The van der Waals surface area contributed by atoms with Crippen LogP contribution in [-0.2, 0) is 9.59 Å². The lowest BCUT2D eigenvalue weighted by Gasteiger charge is -2.25. The number of anilines is 1. The number of carbonyl (C=O) groups excluding carboxylic acids is 2. The predicted molar refractivity (Wildman–Crippen MR) is 125 cm³/mol. The molecular weight excluding hydrogens is 421 g/mol. The number of carbonyl (C=O) groups is 2. The highest BCUT2D eigenvalue weighted by Gasteiger charge is 2.46. The van der Waals surface area contributed by atoms with Crippen LogP contribution in [0.25, 0.3) is 5.76 Å². The highest BCUT2D eigenvalue weighted by atomic mass is 19.1. The number of ether oxygens (including phenoxy) is 1. The molecule has 0 aromatic heterocycles. The van der Waals surface area contributed by atoms with E-state index in [1.807, 2.05) is 26.0 Å². The number of nitrogens with zero attached hydrogens (tertiary/aromatic N) is 1. The van der Waals surface area contributed by atoms with Gasteiger partial charge in [-0.25, -0.2) is 4.39 Å². The number of aliphatic hydroxyl groups excluding tert-OH is 1. The lowest BCUT2D eigenvalue weighted by molar-refractivity contribution is -0.132. The minimum Gasteiger partial charge on any atom is -0.507 e. The zero-order valence-electron chi connectivity index (χ0n) is 18.4. The second-order valence-corrected chi connectivity index (χ2v) is 7.93. The largest absolute Gasteiger partial charge is 0.507 e. The minimum atomic E-state index is -0.899. The fourth-order valence-corrected chi connectivity index (χ4v) is 3.85. The average Bonchev–Trinajstić information content (AvgIpc) is 3.09. The highest BCUT2D eigenvalue weighted by Crippen LogP contribution is 2.42. The van der Waals surface area contributed by atoms with Crippen molar-refractivity contribution in [2.75, 3.05) is 11.5 Å². The Bertz CT molecular complexity index is 1200. The third kappa shape index (κ3) is 4.37. The number of Topliss-reactive ketones (excluding diaryl/α,β-unsaturated/α-hetero) is 1. The van der Waals surface area contributed by atoms with Crippen molar-refractivity contribution < 1.29 is 23.8 Å². The van der Waals surface area contributed by atoms with Gasteiger partial charge in [0.25, 0.3) is 11.7 Å². The van der Waals surface area contributed by atoms with Crippen LogP contribution < -0.4 is 9.64 Å². The molecule has 1 aliphatic rings. The second kappa shape index (κ2) is 9.28. The third-order valence-electron chi connectivity index (χ3n) is 5.54. The van der Waals surface area contributed by atoms with Crippen molar-refractivity contribution in [3.8, 4) is 5.75 Å². The van der Waals surface area contributed by atoms with Crippen molar-refractivity contribution in [3.05, 3.63) is 101 Å². The summed E-state index contributed by atoms with van der Waals surface area (Å²) in [5.74, 6) is -1.64. The summed E-state index contributed by atoms with van der Waals surface area (Å²) in [4.78, 5) is 27.6. The van der Waals surface area contributed by atoms with Gasteiger partial charge in [0.05, 0.1) is 18.2 Å². The summed E-state index contributed by atoms with van der Waals surface area (Å²) in [6, 6.07) is 18.5. The van der Waals surface area contributed by atoms with E-state index in [1.54, 1.807) is 36.4 Å². The standard InChI is InChI=1S/C27H24FNO4/c1-3-16-33-22-14-8-19(9-15-22)25(30)23-24(18-6-10-20(28)11-7-18)29(27(32)26(23)31)21-12-4-17(2)5-13-21/h4-15,24,30H,3,16H2,1-2H3/b25-23+. The molecule has 3 aromatic rings. The Morgan fingerprint density at radius 2 is 1.61 bits per heavy atom. The lowest BCUT2D eigenvalue weighted by Crippen LogP contribution is -2.29. The van der Waals surface area contributed by atoms with E-state index in [1.165, 1.54) is 29.2 Å². The number of rotatable bonds is 6. The summed E-state index contributed by atoms with van der Waals surface area (Å²) in [6.07, 6.45) is 0.863. The van der Waals surface area contributed by atoms with Crippen molar-refractivity contribution >= 4 is 23.1 Å². The topological polar surface area (TPSA) is 66.8 Å². The highest BCUT2D eigenvalue weighted by molar-refractivity contribution is 6.51. The van der Waals surface area contributed by atoms with E-state index >= 15 is 0 Å². The third-order valence-corrected chi connectivity index (χ3v) is 5.54. The lowest BCUT2D eigenvalue weighted by atomic mass is 9.95. The molecule has 1 atom stereocenters. The normalized spacial score (nSPS) is 17.4. The van der Waals surface area contributed by atoms with Gasteiger partial charge in [-0.05, 0) is 67.4 Å². The van der Waals surface area contributed by atoms with Crippen LogP contribution in [0.1, 0.15) is 36.1 Å². The Morgan fingerprint density at radius 3 is 2.21 bits per heavy atom. The molecular formula is C27H24FNO4. The molecule has 1 N–H and O–H groups in total. The monoisotopic (exact) mass is 445 g/mol. The number of benzene rings is 3. The van der Waals surface area contributed by atoms with Gasteiger partial charge in [0, 0.05) is 11.3 Å². The van der Waals surface area contributed by atoms with Gasteiger partial charge in [0.1, 0.15) is 17.3 Å². The molecule has 0 spiro atoms. The van der Waals surface area contributed by atoms with Crippen molar-refractivity contribution in [2.45, 2.75) is 26.3 Å². The van der Waals surface area contributed by atoms with E-state index in [4.69, 9.17) is 4.74 Å². The summed E-state index contributed by atoms with van der Waals surface area (Å²) < 4.78 is 19.2. The van der Waals surface area contributed by atoms with Crippen molar-refractivity contribution in [1.29, 1.82) is 0 Å². The van der Waals surface area contributed by atoms with Crippen LogP contribution >= 0.6 is 0 Å². The molecule has 0 bridgehead atoms. The number of hydrogen-bond donors (Lipinski definition) is 1. The van der Waals surface area contributed by atoms with E-state index in [0.29, 0.717) is 29.2 Å². The number of hydrogen-bond acceptors (Lipinski definition) is 4. The van der Waals surface area contributed by atoms with Gasteiger partial charge in [0.2, 0.25) is 0 Å². The summed E-state index contributed by atoms with van der Waals surface area (Å²) >= 11 is 0. The van der Waals surface area contributed by atoms with E-state index in [0.717, 1.165) is 12.0 Å². The quantitative estimate of drug-likeness (QED) is 0.307. The van der Waals surface area contributed by atoms with Crippen molar-refractivity contribution in [1.82, 2.24) is 0 Å². The minimum absolute atomic E-state index is 0.0468. The SMILES string of the molecule is CCCOc1ccc(/C(O)=C2\C(=O)C(=O)N(c3ccc(C)cc3)C2c2ccc(F)cc2)cc1. The van der Waals surface area contributed by atoms with Crippen LogP contribution in [0.5, 0.6) is 5.75 Å². The first kappa shape index (κ1) is 22.3. The molecule has 1 aliphatic heterocycles. The number of aliphatic hydroxyl groups is 1. The molecule has 168 valence electrons. The summed E-state index contributed by atoms with van der Waals surface area (Å²) in [5, 5.41) is 11.1. The molecule has 1 heterocycles. The van der Waals surface area contributed by atoms with Gasteiger partial charge in [-0.3, -0.25) is 14.5 Å². The summed E-state index contributed by atoms with van der Waals surface area (Å²) in [7, 11) is 0. The van der Waals surface area contributed by atoms with Crippen LogP contribution in [0.3, 0.4) is 0 Å². The predicted octanol–water partition coefficient (Wildman–Crippen LogP) is 5.55. The van der Waals surface area contributed by atoms with Gasteiger partial charge in [-0.1, -0.05) is 36.8 Å². The molecule has 0 saturated carbocycles. The number of halogens is 1. The van der Waals surface area contributed by atoms with Gasteiger partial charge in [-0.2, -0.15) is 0 Å². The van der Waals surface area contributed by atoms with E-state index in [2.05, 4.69) is 0 Å². The molecule has 5 nitrogen and oxygen atoms in total. The van der Waals surface area contributed by atoms with E-state index in [9.17, 15) is 19.1 Å². The first-order chi connectivity index (χ1) is 15.9. The van der Waals surface area contributed by atoms with Crippen molar-refractivity contribution in [2.24, 2.45) is 0 Å². The fourth-order valence-electron chi connectivity index (χ4n) is 3.85. The smallest absolute Gasteiger partial charge is 0.300 e. The van der Waals surface area contributed by atoms with Gasteiger partial charge in [-0.15, -0.1) is 0 Å². The Balaban J connectivity index is 1.84. The van der Waals surface area contributed by atoms with Crippen LogP contribution in [0.15, 0.2) is 78.4 Å². The Labute approximate surface area is 191 Å². The zero-order chi connectivity index (χ0) is 23.5. The fraction of sp³-hybridized carbons (Fsp3) is 0.185. The molecule has 0 radical (unpaired) electrons. The van der Waals surface area contributed by atoms with Crippen LogP contribution in [0.4, 0.5) is 10.1 Å². The maximum absolute atomic E-state index is 13.6. The summed E-state index contributed by atoms with van der Waals surface area (Å²) in [5.41, 5.74) is 2.36. The van der Waals surface area contributed by atoms with Crippen LogP contribution in [0.2, 0.25) is 0 Å². The number of amides is 1. The Hall–Kier alpha value is -3.93. The maximum atomic E-state index is 13.6. The van der Waals surface area contributed by atoms with Crippen LogP contribution in [0, 0.1) is 12.7 Å². The van der Waals surface area contributed by atoms with E-state index < -0.39 is 23.5 Å². The molecule has 33 heavy (non-hydrogen) atoms. The van der Waals surface area contributed by atoms with Crippen LogP contribution in [-0.4, -0.2) is 23.4 Å². The van der Waals surface area contributed by atoms with Gasteiger partial charge in [0.15, 0.2) is 0 Å². The van der Waals surface area contributed by atoms with Gasteiger partial charge >= 0.3 is 0 Å². The van der Waals surface area contributed by atoms with Crippen molar-refractivity contribution in [3.63, 3.8) is 0 Å².